The van der Waals surface area contributed by atoms with Crippen LogP contribution in [0.2, 0.25) is 0 Å². The van der Waals surface area contributed by atoms with E-state index in [0.29, 0.717) is 0 Å². The van der Waals surface area contributed by atoms with Crippen LogP contribution in [0.4, 0.5) is 22.0 Å². The Morgan fingerprint density at radius 1 is 1.24 bits per heavy atom. The highest BCUT2D eigenvalue weighted by atomic mass is 79.9. The van der Waals surface area contributed by atoms with E-state index in [1.54, 1.807) is 0 Å². The van der Waals surface area contributed by atoms with Crippen LogP contribution < -0.4 is 0 Å². The van der Waals surface area contributed by atoms with Crippen LogP contribution in [0.1, 0.15) is 25.0 Å². The van der Waals surface area contributed by atoms with Gasteiger partial charge in [0.05, 0.1) is 11.7 Å². The van der Waals surface area contributed by atoms with Crippen molar-refractivity contribution in [2.45, 2.75) is 25.8 Å². The third kappa shape index (κ3) is 3.92. The van der Waals surface area contributed by atoms with Crippen molar-refractivity contribution >= 4 is 15.9 Å². The van der Waals surface area contributed by atoms with Crippen LogP contribution in [0, 0.1) is 11.6 Å². The Balaban J connectivity index is 3.12. The summed E-state index contributed by atoms with van der Waals surface area (Å²) in [6.07, 6.45) is -6.83. The van der Waals surface area contributed by atoms with Crippen molar-refractivity contribution in [3.05, 3.63) is 33.8 Å². The van der Waals surface area contributed by atoms with Gasteiger partial charge in [-0.3, -0.25) is 4.74 Å². The van der Waals surface area contributed by atoms with Crippen molar-refractivity contribution in [3.63, 3.8) is 0 Å². The average molecular weight is 319 g/mol. The predicted molar refractivity (Wildman–Crippen MR) is 54.2 cm³/mol. The molecule has 0 fully saturated rings. The second-order valence-electron chi connectivity index (χ2n) is 3.24. The van der Waals surface area contributed by atoms with Gasteiger partial charge in [0, 0.05) is 4.47 Å². The summed E-state index contributed by atoms with van der Waals surface area (Å²) in [6, 6.07) is 1.78. The molecule has 0 aliphatic heterocycles. The van der Waals surface area contributed by atoms with E-state index in [4.69, 9.17) is 0 Å². The van der Waals surface area contributed by atoms with Crippen LogP contribution in [-0.4, -0.2) is 6.36 Å². The highest BCUT2D eigenvalue weighted by molar-refractivity contribution is 9.10. The second-order valence-corrected chi connectivity index (χ2v) is 4.16. The molecule has 0 aliphatic rings. The van der Waals surface area contributed by atoms with Gasteiger partial charge in [-0.2, -0.15) is 0 Å². The van der Waals surface area contributed by atoms with E-state index in [2.05, 4.69) is 20.7 Å². The minimum Gasteiger partial charge on any atom is -0.284 e. The minimum absolute atomic E-state index is 0.109. The van der Waals surface area contributed by atoms with E-state index in [1.807, 2.05) is 0 Å². The van der Waals surface area contributed by atoms with Crippen LogP contribution in [0.5, 0.6) is 0 Å². The molecule has 1 aromatic carbocycles. The van der Waals surface area contributed by atoms with Gasteiger partial charge in [-0.1, -0.05) is 22.9 Å². The van der Waals surface area contributed by atoms with Gasteiger partial charge in [-0.05, 0) is 18.6 Å². The molecule has 1 rings (SSSR count). The summed E-state index contributed by atoms with van der Waals surface area (Å²) in [4.78, 5) is 0. The number of benzene rings is 1. The number of alkyl halides is 3. The van der Waals surface area contributed by atoms with Gasteiger partial charge >= 0.3 is 6.36 Å². The van der Waals surface area contributed by atoms with Crippen molar-refractivity contribution in [3.8, 4) is 0 Å². The van der Waals surface area contributed by atoms with E-state index < -0.39 is 29.7 Å². The molecule has 0 N–H and O–H groups in total. The van der Waals surface area contributed by atoms with Gasteiger partial charge < -0.3 is 0 Å². The van der Waals surface area contributed by atoms with Crippen molar-refractivity contribution in [2.24, 2.45) is 0 Å². The first-order chi connectivity index (χ1) is 7.74. The summed E-state index contributed by atoms with van der Waals surface area (Å²) < 4.78 is 66.7. The van der Waals surface area contributed by atoms with Gasteiger partial charge in [-0.25, -0.2) is 8.78 Å². The Morgan fingerprint density at radius 3 is 2.06 bits per heavy atom. The molecule has 96 valence electrons. The summed E-state index contributed by atoms with van der Waals surface area (Å²) in [5, 5.41) is 0. The smallest absolute Gasteiger partial charge is 0.284 e. The summed E-state index contributed by atoms with van der Waals surface area (Å²) in [5.74, 6) is -2.15. The summed E-state index contributed by atoms with van der Waals surface area (Å²) >= 11 is 2.84. The first kappa shape index (κ1) is 14.4. The van der Waals surface area contributed by atoms with Crippen LogP contribution in [0.3, 0.4) is 0 Å². The van der Waals surface area contributed by atoms with Gasteiger partial charge in [0.2, 0.25) is 0 Å². The molecule has 7 heteroatoms. The van der Waals surface area contributed by atoms with Crippen molar-refractivity contribution in [1.29, 1.82) is 0 Å². The lowest BCUT2D eigenvalue weighted by atomic mass is 10.1. The molecule has 0 saturated carbocycles. The number of hydrogen-bond acceptors (Lipinski definition) is 1. The Kier molecular flexibility index (Phi) is 4.48. The van der Waals surface area contributed by atoms with Crippen LogP contribution in [-0.2, 0) is 4.74 Å². The fourth-order valence-corrected chi connectivity index (χ4v) is 1.77. The second kappa shape index (κ2) is 5.30. The average Bonchev–Trinajstić information content (AvgIpc) is 2.12. The van der Waals surface area contributed by atoms with Crippen LogP contribution in [0.25, 0.3) is 0 Å². The Labute approximate surface area is 103 Å². The van der Waals surface area contributed by atoms with Gasteiger partial charge in [0.15, 0.2) is 0 Å². The van der Waals surface area contributed by atoms with Crippen molar-refractivity contribution in [2.75, 3.05) is 0 Å². The van der Waals surface area contributed by atoms with Crippen LogP contribution >= 0.6 is 15.9 Å². The zero-order valence-corrected chi connectivity index (χ0v) is 10.2. The lowest BCUT2D eigenvalue weighted by Gasteiger charge is -2.19. The Morgan fingerprint density at radius 2 is 1.71 bits per heavy atom. The molecule has 0 spiro atoms. The fraction of sp³-hybridized carbons (Fsp3) is 0.400. The molecule has 0 bridgehead atoms. The highest BCUT2D eigenvalue weighted by Gasteiger charge is 2.35. The quantitative estimate of drug-likeness (QED) is 0.733. The largest absolute Gasteiger partial charge is 0.523 e. The molecule has 1 atom stereocenters. The highest BCUT2D eigenvalue weighted by Crippen LogP contribution is 2.34. The van der Waals surface area contributed by atoms with E-state index in [1.165, 1.54) is 6.92 Å². The fourth-order valence-electron chi connectivity index (χ4n) is 1.37. The molecule has 1 unspecified atom stereocenters. The maximum Gasteiger partial charge on any atom is 0.523 e. The molecule has 0 heterocycles. The van der Waals surface area contributed by atoms with E-state index in [0.717, 1.165) is 12.1 Å². The Bertz CT molecular complexity index is 381. The first-order valence-electron chi connectivity index (χ1n) is 4.63. The lowest BCUT2D eigenvalue weighted by molar-refractivity contribution is -0.345. The summed E-state index contributed by atoms with van der Waals surface area (Å²) in [6.45, 7) is 1.34. The van der Waals surface area contributed by atoms with Crippen molar-refractivity contribution < 1.29 is 26.7 Å². The number of ether oxygens (including phenoxy) is 1. The molecule has 0 aliphatic carbocycles. The monoisotopic (exact) mass is 318 g/mol. The van der Waals surface area contributed by atoms with E-state index >= 15 is 0 Å². The maximum absolute atomic E-state index is 13.4. The molecular formula is C10H8BrF5O. The van der Waals surface area contributed by atoms with Gasteiger partial charge in [-0.15, -0.1) is 13.2 Å². The molecule has 0 amide bonds. The third-order valence-electron chi connectivity index (χ3n) is 2.01. The van der Waals surface area contributed by atoms with Crippen LogP contribution in [0.15, 0.2) is 16.6 Å². The number of halogens is 6. The molecular weight excluding hydrogens is 311 g/mol. The zero-order chi connectivity index (χ0) is 13.2. The third-order valence-corrected chi connectivity index (χ3v) is 2.47. The van der Waals surface area contributed by atoms with Gasteiger partial charge in [0.1, 0.15) is 11.6 Å². The topological polar surface area (TPSA) is 9.23 Å². The van der Waals surface area contributed by atoms with Gasteiger partial charge in [0.25, 0.3) is 0 Å². The summed E-state index contributed by atoms with van der Waals surface area (Å²) in [7, 11) is 0. The normalized spacial score (nSPS) is 13.8. The lowest BCUT2D eigenvalue weighted by Crippen LogP contribution is -2.19. The number of rotatable bonds is 3. The molecule has 0 aromatic heterocycles. The molecule has 0 radical (unpaired) electrons. The minimum atomic E-state index is -4.94. The SMILES string of the molecule is CCC(OC(F)(F)F)c1c(F)cc(Br)cc1F. The first-order valence-corrected chi connectivity index (χ1v) is 5.43. The molecule has 17 heavy (non-hydrogen) atoms. The molecule has 1 nitrogen and oxygen atoms in total. The zero-order valence-electron chi connectivity index (χ0n) is 8.62. The molecule has 0 saturated heterocycles. The van der Waals surface area contributed by atoms with E-state index in [9.17, 15) is 22.0 Å². The Hall–Kier alpha value is -0.690. The maximum atomic E-state index is 13.4. The molecule has 1 aromatic rings. The standard InChI is InChI=1S/C10H8BrF5O/c1-2-8(17-10(14,15)16)9-6(12)3-5(11)4-7(9)13/h3-4,8H,2H2,1H3. The van der Waals surface area contributed by atoms with E-state index in [-0.39, 0.29) is 10.9 Å². The number of hydrogen-bond donors (Lipinski definition) is 0. The predicted octanol–water partition coefficient (Wildman–Crippen LogP) is 4.71. The van der Waals surface area contributed by atoms with Crippen molar-refractivity contribution in [1.82, 2.24) is 0 Å². The summed E-state index contributed by atoms with van der Waals surface area (Å²) in [5.41, 5.74) is -0.715.